The van der Waals surface area contributed by atoms with Gasteiger partial charge in [0, 0.05) is 23.8 Å². The molecule has 0 bridgehead atoms. The van der Waals surface area contributed by atoms with Crippen LogP contribution in [0.15, 0.2) is 60.7 Å². The van der Waals surface area contributed by atoms with Crippen molar-refractivity contribution in [2.45, 2.75) is 77.2 Å². The molecule has 3 aromatic rings. The Labute approximate surface area is 236 Å². The second kappa shape index (κ2) is 13.6. The van der Waals surface area contributed by atoms with Gasteiger partial charge in [-0.15, -0.1) is 0 Å². The van der Waals surface area contributed by atoms with Crippen molar-refractivity contribution in [1.82, 2.24) is 5.32 Å². The molecule has 0 aliphatic heterocycles. The summed E-state index contributed by atoms with van der Waals surface area (Å²) in [5.41, 5.74) is 3.50. The van der Waals surface area contributed by atoms with Crippen LogP contribution in [0, 0.1) is 30.3 Å². The van der Waals surface area contributed by atoms with Crippen LogP contribution in [-0.2, 0) is 5.54 Å². The Morgan fingerprint density at radius 2 is 1.59 bits per heavy atom. The average molecular weight is 553 g/mol. The maximum absolute atomic E-state index is 13.8. The summed E-state index contributed by atoms with van der Waals surface area (Å²) >= 11 is 5.68. The van der Waals surface area contributed by atoms with Crippen molar-refractivity contribution >= 4 is 22.9 Å². The molecule has 1 aliphatic carbocycles. The van der Waals surface area contributed by atoms with E-state index in [9.17, 15) is 13.2 Å². The van der Waals surface area contributed by atoms with Crippen LogP contribution in [0.5, 0.6) is 0 Å². The topological polar surface area (TPSA) is 24.1 Å². The van der Waals surface area contributed by atoms with Crippen LogP contribution >= 0.6 is 12.2 Å². The van der Waals surface area contributed by atoms with Gasteiger partial charge in [0.25, 0.3) is 0 Å². The molecule has 6 heteroatoms. The van der Waals surface area contributed by atoms with Gasteiger partial charge in [0.15, 0.2) is 0 Å². The van der Waals surface area contributed by atoms with E-state index in [0.717, 1.165) is 54.5 Å². The Hall–Kier alpha value is -2.70. The van der Waals surface area contributed by atoms with E-state index in [4.69, 9.17) is 12.2 Å². The van der Waals surface area contributed by atoms with Crippen LogP contribution in [0.25, 0.3) is 11.1 Å². The highest BCUT2D eigenvalue weighted by Gasteiger charge is 2.31. The average Bonchev–Trinajstić information content (AvgIpc) is 3.43. The Morgan fingerprint density at radius 3 is 2.23 bits per heavy atom. The van der Waals surface area contributed by atoms with Gasteiger partial charge in [-0.05, 0) is 78.3 Å². The zero-order valence-corrected chi connectivity index (χ0v) is 23.8. The van der Waals surface area contributed by atoms with Crippen molar-refractivity contribution in [3.8, 4) is 11.1 Å². The van der Waals surface area contributed by atoms with Crippen molar-refractivity contribution in [2.75, 3.05) is 11.9 Å². The van der Waals surface area contributed by atoms with Crippen molar-refractivity contribution in [3.05, 3.63) is 89.2 Å². The second-order valence-corrected chi connectivity index (χ2v) is 11.5. The lowest BCUT2D eigenvalue weighted by Crippen LogP contribution is -2.45. The van der Waals surface area contributed by atoms with E-state index >= 15 is 0 Å². The number of halogens is 3. The molecule has 4 rings (SSSR count). The fraction of sp³-hybridized carbons (Fsp3) is 0.424. The Morgan fingerprint density at radius 1 is 0.897 bits per heavy atom. The maximum atomic E-state index is 13.8. The molecular weight excluding hydrogens is 513 g/mol. The van der Waals surface area contributed by atoms with Crippen LogP contribution in [-0.4, -0.2) is 11.5 Å². The summed E-state index contributed by atoms with van der Waals surface area (Å²) in [6.07, 6.45) is 10.6. The van der Waals surface area contributed by atoms with E-state index < -0.39 is 11.6 Å². The molecule has 208 valence electrons. The van der Waals surface area contributed by atoms with Gasteiger partial charge in [-0.25, -0.2) is 13.2 Å². The Balaban J connectivity index is 1.54. The summed E-state index contributed by atoms with van der Waals surface area (Å²) in [7, 11) is 0. The first-order chi connectivity index (χ1) is 18.8. The molecule has 0 spiro atoms. The normalized spacial score (nSPS) is 15.3. The molecule has 1 fully saturated rings. The largest absolute Gasteiger partial charge is 0.349 e. The van der Waals surface area contributed by atoms with E-state index in [1.807, 2.05) is 12.1 Å². The van der Waals surface area contributed by atoms with Gasteiger partial charge < -0.3 is 10.6 Å². The molecule has 2 N–H and O–H groups in total. The standard InChI is InChI=1S/C33H39F3N2S/c1-3-16-33(17-6-9-24-7-4-5-8-24,37-22-32(39)38-30-14-15-31(36)23(2)18-30)27-12-10-25(11-13-27)26-19-28(34)21-29(35)20-26/h10-15,18-21,24,37H,3-9,16-17,22H2,1-2H3,(H,38,39). The van der Waals surface area contributed by atoms with Crippen LogP contribution in [0.4, 0.5) is 18.9 Å². The molecule has 0 radical (unpaired) electrons. The lowest BCUT2D eigenvalue weighted by Gasteiger charge is -2.37. The quantitative estimate of drug-likeness (QED) is 0.219. The third-order valence-corrected chi connectivity index (χ3v) is 8.28. The van der Waals surface area contributed by atoms with Crippen LogP contribution in [0.3, 0.4) is 0 Å². The molecule has 3 aromatic carbocycles. The Kier molecular flexibility index (Phi) is 10.2. The zero-order chi connectivity index (χ0) is 27.8. The molecule has 0 amide bonds. The molecule has 1 atom stereocenters. The summed E-state index contributed by atoms with van der Waals surface area (Å²) in [6, 6.07) is 16.6. The van der Waals surface area contributed by atoms with Gasteiger partial charge in [-0.3, -0.25) is 0 Å². The Bertz CT molecular complexity index is 1230. The van der Waals surface area contributed by atoms with Crippen molar-refractivity contribution in [3.63, 3.8) is 0 Å². The summed E-state index contributed by atoms with van der Waals surface area (Å²) in [5.74, 6) is -0.585. The molecule has 0 saturated heterocycles. The monoisotopic (exact) mass is 552 g/mol. The van der Waals surface area contributed by atoms with Crippen molar-refractivity contribution in [1.29, 1.82) is 0 Å². The molecule has 0 aromatic heterocycles. The third-order valence-electron chi connectivity index (χ3n) is 8.03. The summed E-state index contributed by atoms with van der Waals surface area (Å²) < 4.78 is 41.4. The number of hydrogen-bond donors (Lipinski definition) is 2. The molecule has 0 heterocycles. The van der Waals surface area contributed by atoms with E-state index in [2.05, 4.69) is 29.7 Å². The highest BCUT2D eigenvalue weighted by Crippen LogP contribution is 2.36. The first-order valence-electron chi connectivity index (χ1n) is 14.2. The van der Waals surface area contributed by atoms with E-state index in [0.29, 0.717) is 22.7 Å². The molecule has 2 nitrogen and oxygen atoms in total. The highest BCUT2D eigenvalue weighted by atomic mass is 32.1. The van der Waals surface area contributed by atoms with Gasteiger partial charge >= 0.3 is 0 Å². The molecular formula is C33H39F3N2S. The number of rotatable bonds is 12. The SMILES string of the molecule is CCCC(CCCC1CCCC1)(NCC(=S)Nc1ccc(F)c(C)c1)c1ccc(-c2cc(F)cc(F)c2)cc1. The van der Waals surface area contributed by atoms with Crippen LogP contribution in [0.2, 0.25) is 0 Å². The first-order valence-corrected chi connectivity index (χ1v) is 14.6. The minimum Gasteiger partial charge on any atom is -0.349 e. The van der Waals surface area contributed by atoms with E-state index in [-0.39, 0.29) is 11.4 Å². The number of aryl methyl sites for hydroxylation is 1. The van der Waals surface area contributed by atoms with Crippen LogP contribution in [0.1, 0.15) is 75.8 Å². The smallest absolute Gasteiger partial charge is 0.126 e. The van der Waals surface area contributed by atoms with Gasteiger partial charge in [0.1, 0.15) is 17.5 Å². The number of benzene rings is 3. The second-order valence-electron chi connectivity index (χ2n) is 11.0. The summed E-state index contributed by atoms with van der Waals surface area (Å²) in [5, 5.41) is 7.05. The van der Waals surface area contributed by atoms with Crippen LogP contribution < -0.4 is 10.6 Å². The summed E-state index contributed by atoms with van der Waals surface area (Å²) in [6.45, 7) is 4.40. The number of anilines is 1. The van der Waals surface area contributed by atoms with Gasteiger partial charge in [-0.1, -0.05) is 88.4 Å². The first kappa shape index (κ1) is 29.3. The molecule has 1 saturated carbocycles. The van der Waals surface area contributed by atoms with Gasteiger partial charge in [0.2, 0.25) is 0 Å². The van der Waals surface area contributed by atoms with Gasteiger partial charge in [0.05, 0.1) is 4.99 Å². The fourth-order valence-corrected chi connectivity index (χ4v) is 6.18. The molecule has 1 unspecified atom stereocenters. The maximum Gasteiger partial charge on any atom is 0.126 e. The zero-order valence-electron chi connectivity index (χ0n) is 23.0. The summed E-state index contributed by atoms with van der Waals surface area (Å²) in [4.78, 5) is 0.643. The number of thiocarbonyl (C=S) groups is 1. The van der Waals surface area contributed by atoms with Gasteiger partial charge in [-0.2, -0.15) is 0 Å². The number of hydrogen-bond acceptors (Lipinski definition) is 2. The third kappa shape index (κ3) is 7.92. The fourth-order valence-electron chi connectivity index (χ4n) is 5.99. The lowest BCUT2D eigenvalue weighted by atomic mass is 9.79. The molecule has 39 heavy (non-hydrogen) atoms. The highest BCUT2D eigenvalue weighted by molar-refractivity contribution is 7.80. The number of nitrogens with one attached hydrogen (secondary N) is 2. The van der Waals surface area contributed by atoms with Crippen molar-refractivity contribution < 1.29 is 13.2 Å². The minimum atomic E-state index is -0.583. The predicted octanol–water partition coefficient (Wildman–Crippen LogP) is 9.46. The molecule has 1 aliphatic rings. The predicted molar refractivity (Wildman–Crippen MR) is 160 cm³/mol. The lowest BCUT2D eigenvalue weighted by molar-refractivity contribution is 0.278. The minimum absolute atomic E-state index is 0.238. The van der Waals surface area contributed by atoms with E-state index in [1.165, 1.54) is 50.3 Å². The van der Waals surface area contributed by atoms with Crippen molar-refractivity contribution in [2.24, 2.45) is 5.92 Å². The van der Waals surface area contributed by atoms with E-state index in [1.54, 1.807) is 19.1 Å².